The van der Waals surface area contributed by atoms with Gasteiger partial charge in [0, 0.05) is 12.6 Å². The molecule has 0 aliphatic heterocycles. The lowest BCUT2D eigenvalue weighted by Gasteiger charge is -2.23. The Morgan fingerprint density at radius 3 is 2.67 bits per heavy atom. The van der Waals surface area contributed by atoms with Crippen LogP contribution in [0.15, 0.2) is 18.2 Å². The van der Waals surface area contributed by atoms with Crippen molar-refractivity contribution in [2.75, 3.05) is 0 Å². The zero-order chi connectivity index (χ0) is 13.0. The number of hydrogen-bond donors (Lipinski definition) is 1. The van der Waals surface area contributed by atoms with Crippen molar-refractivity contribution in [2.45, 2.75) is 51.6 Å². The van der Waals surface area contributed by atoms with Gasteiger partial charge in [0.1, 0.15) is 0 Å². The van der Waals surface area contributed by atoms with Gasteiger partial charge in [-0.3, -0.25) is 0 Å². The van der Waals surface area contributed by atoms with E-state index < -0.39 is 11.6 Å². The maximum absolute atomic E-state index is 13.1. The fraction of sp³-hybridized carbons (Fsp3) is 0.600. The van der Waals surface area contributed by atoms with Crippen LogP contribution in [0.1, 0.15) is 44.6 Å². The number of hydrogen-bond acceptors (Lipinski definition) is 1. The summed E-state index contributed by atoms with van der Waals surface area (Å²) < 4.78 is 25.9. The molecule has 1 aromatic carbocycles. The molecule has 1 aliphatic carbocycles. The van der Waals surface area contributed by atoms with Gasteiger partial charge in [0.15, 0.2) is 11.6 Å². The number of nitrogens with one attached hydrogen (secondary N) is 1. The minimum Gasteiger partial charge on any atom is -0.310 e. The second kappa shape index (κ2) is 6.28. The Morgan fingerprint density at radius 2 is 1.89 bits per heavy atom. The molecule has 0 aromatic heterocycles. The molecule has 2 rings (SSSR count). The van der Waals surface area contributed by atoms with Crippen LogP contribution < -0.4 is 5.32 Å². The van der Waals surface area contributed by atoms with Crippen molar-refractivity contribution in [2.24, 2.45) is 5.92 Å². The Hall–Kier alpha value is -0.960. The third kappa shape index (κ3) is 3.52. The van der Waals surface area contributed by atoms with Crippen molar-refractivity contribution in [1.29, 1.82) is 0 Å². The van der Waals surface area contributed by atoms with Crippen LogP contribution in [0.5, 0.6) is 0 Å². The predicted molar refractivity (Wildman–Crippen MR) is 69.2 cm³/mol. The molecule has 0 heterocycles. The molecule has 1 aromatic rings. The number of halogens is 2. The quantitative estimate of drug-likeness (QED) is 0.802. The highest BCUT2D eigenvalue weighted by Gasteiger charge is 2.19. The van der Waals surface area contributed by atoms with E-state index in [1.165, 1.54) is 44.2 Å². The fourth-order valence-corrected chi connectivity index (χ4v) is 2.69. The first-order valence-electron chi connectivity index (χ1n) is 6.84. The van der Waals surface area contributed by atoms with Crippen molar-refractivity contribution in [3.63, 3.8) is 0 Å². The van der Waals surface area contributed by atoms with Crippen LogP contribution in [-0.4, -0.2) is 6.04 Å². The van der Waals surface area contributed by atoms with Gasteiger partial charge in [-0.2, -0.15) is 0 Å². The molecule has 1 aliphatic rings. The Kier molecular flexibility index (Phi) is 4.70. The molecule has 2 unspecified atom stereocenters. The second-order valence-electron chi connectivity index (χ2n) is 5.35. The van der Waals surface area contributed by atoms with E-state index in [0.29, 0.717) is 18.5 Å². The highest BCUT2D eigenvalue weighted by atomic mass is 19.2. The largest absolute Gasteiger partial charge is 0.310 e. The summed E-state index contributed by atoms with van der Waals surface area (Å²) in [6.45, 7) is 2.89. The lowest BCUT2D eigenvalue weighted by Crippen LogP contribution is -2.33. The molecular formula is C15H21F2N. The van der Waals surface area contributed by atoms with E-state index >= 15 is 0 Å². The summed E-state index contributed by atoms with van der Waals surface area (Å²) in [6.07, 6.45) is 6.33. The van der Waals surface area contributed by atoms with Gasteiger partial charge in [0.05, 0.1) is 0 Å². The molecule has 0 radical (unpaired) electrons. The summed E-state index contributed by atoms with van der Waals surface area (Å²) in [5, 5.41) is 3.49. The van der Waals surface area contributed by atoms with Crippen LogP contribution in [0.4, 0.5) is 8.78 Å². The van der Waals surface area contributed by atoms with Gasteiger partial charge in [0.2, 0.25) is 0 Å². The molecule has 1 fully saturated rings. The van der Waals surface area contributed by atoms with Crippen LogP contribution >= 0.6 is 0 Å². The summed E-state index contributed by atoms with van der Waals surface area (Å²) in [5.41, 5.74) is 0.811. The van der Waals surface area contributed by atoms with Crippen molar-refractivity contribution >= 4 is 0 Å². The molecule has 18 heavy (non-hydrogen) atoms. The average Bonchev–Trinajstić information content (AvgIpc) is 2.56. The zero-order valence-corrected chi connectivity index (χ0v) is 10.9. The van der Waals surface area contributed by atoms with Crippen LogP contribution in [-0.2, 0) is 6.54 Å². The Labute approximate surface area is 108 Å². The van der Waals surface area contributed by atoms with Gasteiger partial charge in [-0.25, -0.2) is 8.78 Å². The Morgan fingerprint density at radius 1 is 1.11 bits per heavy atom. The minimum atomic E-state index is -0.776. The molecule has 0 spiro atoms. The van der Waals surface area contributed by atoms with Crippen molar-refractivity contribution in [1.82, 2.24) is 5.32 Å². The first-order chi connectivity index (χ1) is 8.66. The Bertz CT molecular complexity index is 392. The number of rotatable bonds is 3. The summed E-state index contributed by atoms with van der Waals surface area (Å²) in [5.74, 6) is -0.873. The SMILES string of the molecule is CC1CCCCCC1NCc1ccc(F)c(F)c1. The van der Waals surface area contributed by atoms with Crippen LogP contribution in [0.2, 0.25) is 0 Å². The summed E-state index contributed by atoms with van der Waals surface area (Å²) in [7, 11) is 0. The van der Waals surface area contributed by atoms with E-state index in [9.17, 15) is 8.78 Å². The molecule has 0 amide bonds. The number of benzene rings is 1. The lowest BCUT2D eigenvalue weighted by molar-refractivity contribution is 0.355. The average molecular weight is 253 g/mol. The Balaban J connectivity index is 1.91. The van der Waals surface area contributed by atoms with Gasteiger partial charge >= 0.3 is 0 Å². The monoisotopic (exact) mass is 253 g/mol. The van der Waals surface area contributed by atoms with E-state index in [1.54, 1.807) is 6.07 Å². The van der Waals surface area contributed by atoms with E-state index in [0.717, 1.165) is 5.56 Å². The van der Waals surface area contributed by atoms with Crippen molar-refractivity contribution < 1.29 is 8.78 Å². The third-order valence-corrected chi connectivity index (χ3v) is 3.91. The predicted octanol–water partition coefficient (Wildman–Crippen LogP) is 4.02. The second-order valence-corrected chi connectivity index (χ2v) is 5.35. The van der Waals surface area contributed by atoms with Crippen LogP contribution in [0.3, 0.4) is 0 Å². The third-order valence-electron chi connectivity index (χ3n) is 3.91. The topological polar surface area (TPSA) is 12.0 Å². The molecule has 1 N–H and O–H groups in total. The van der Waals surface area contributed by atoms with Gasteiger partial charge in [-0.1, -0.05) is 32.3 Å². The summed E-state index contributed by atoms with van der Waals surface area (Å²) >= 11 is 0. The van der Waals surface area contributed by atoms with E-state index in [4.69, 9.17) is 0 Å². The molecule has 0 saturated heterocycles. The van der Waals surface area contributed by atoms with Crippen LogP contribution in [0.25, 0.3) is 0 Å². The standard InChI is InChI=1S/C15H21F2N/c1-11-5-3-2-4-6-15(11)18-10-12-7-8-13(16)14(17)9-12/h7-9,11,15,18H,2-6,10H2,1H3. The van der Waals surface area contributed by atoms with Gasteiger partial charge in [-0.05, 0) is 36.5 Å². The molecule has 100 valence electrons. The zero-order valence-electron chi connectivity index (χ0n) is 10.9. The lowest BCUT2D eigenvalue weighted by atomic mass is 9.97. The van der Waals surface area contributed by atoms with E-state index in [-0.39, 0.29) is 0 Å². The normalized spacial score (nSPS) is 24.8. The van der Waals surface area contributed by atoms with Gasteiger partial charge < -0.3 is 5.32 Å². The molecule has 0 bridgehead atoms. The maximum atomic E-state index is 13.1. The van der Waals surface area contributed by atoms with E-state index in [1.807, 2.05) is 0 Å². The highest BCUT2D eigenvalue weighted by molar-refractivity contribution is 5.17. The molecule has 1 saturated carbocycles. The molecular weight excluding hydrogens is 232 g/mol. The van der Waals surface area contributed by atoms with Crippen LogP contribution in [0, 0.1) is 17.6 Å². The minimum absolute atomic E-state index is 0.501. The molecule has 1 nitrogen and oxygen atoms in total. The maximum Gasteiger partial charge on any atom is 0.159 e. The van der Waals surface area contributed by atoms with Gasteiger partial charge in [-0.15, -0.1) is 0 Å². The van der Waals surface area contributed by atoms with E-state index in [2.05, 4.69) is 12.2 Å². The molecule has 2 atom stereocenters. The van der Waals surface area contributed by atoms with Crippen molar-refractivity contribution in [3.05, 3.63) is 35.4 Å². The first kappa shape index (κ1) is 13.5. The van der Waals surface area contributed by atoms with Gasteiger partial charge in [0.25, 0.3) is 0 Å². The smallest absolute Gasteiger partial charge is 0.159 e. The molecule has 3 heteroatoms. The summed E-state index contributed by atoms with van der Waals surface area (Å²) in [6, 6.07) is 4.62. The first-order valence-corrected chi connectivity index (χ1v) is 6.84. The summed E-state index contributed by atoms with van der Waals surface area (Å²) in [4.78, 5) is 0. The van der Waals surface area contributed by atoms with Crippen molar-refractivity contribution in [3.8, 4) is 0 Å². The highest BCUT2D eigenvalue weighted by Crippen LogP contribution is 2.23. The fourth-order valence-electron chi connectivity index (χ4n) is 2.69.